The normalized spacial score (nSPS) is 15.5. The van der Waals surface area contributed by atoms with Gasteiger partial charge in [-0.2, -0.15) is 0 Å². The van der Waals surface area contributed by atoms with Crippen molar-refractivity contribution >= 4 is 11.4 Å². The van der Waals surface area contributed by atoms with E-state index in [4.69, 9.17) is 4.74 Å². The van der Waals surface area contributed by atoms with E-state index in [-0.39, 0.29) is 0 Å². The number of para-hydroxylation sites is 2. The zero-order valence-electron chi connectivity index (χ0n) is 10.8. The van der Waals surface area contributed by atoms with E-state index in [0.29, 0.717) is 0 Å². The first kappa shape index (κ1) is 12.0. The Morgan fingerprint density at radius 2 is 2.11 bits per heavy atom. The van der Waals surface area contributed by atoms with E-state index in [0.717, 1.165) is 44.2 Å². The quantitative estimate of drug-likeness (QED) is 0.879. The zero-order valence-corrected chi connectivity index (χ0v) is 10.8. The highest BCUT2D eigenvalue weighted by Crippen LogP contribution is 2.26. The van der Waals surface area contributed by atoms with Gasteiger partial charge in [-0.15, -0.1) is 0 Å². The fourth-order valence-corrected chi connectivity index (χ4v) is 2.27. The molecule has 1 aliphatic rings. The summed E-state index contributed by atoms with van der Waals surface area (Å²) in [6.07, 6.45) is 3.54. The van der Waals surface area contributed by atoms with Crippen molar-refractivity contribution in [2.75, 3.05) is 36.5 Å². The number of ether oxygens (including phenoxy) is 1. The number of aromatic amines is 1. The van der Waals surface area contributed by atoms with Crippen LogP contribution in [0.1, 0.15) is 5.69 Å². The third kappa shape index (κ3) is 2.88. The van der Waals surface area contributed by atoms with Gasteiger partial charge in [0.1, 0.15) is 0 Å². The summed E-state index contributed by atoms with van der Waals surface area (Å²) in [4.78, 5) is 9.48. The molecular formula is C14H18N4O. The van der Waals surface area contributed by atoms with E-state index in [1.165, 1.54) is 5.69 Å². The number of morpholine rings is 1. The van der Waals surface area contributed by atoms with Crippen molar-refractivity contribution in [1.82, 2.24) is 9.97 Å². The Morgan fingerprint density at radius 3 is 2.89 bits per heavy atom. The fourth-order valence-electron chi connectivity index (χ4n) is 2.27. The number of nitrogens with one attached hydrogen (secondary N) is 2. The number of hydrogen-bond donors (Lipinski definition) is 2. The molecule has 2 heterocycles. The molecule has 0 saturated carbocycles. The average molecular weight is 258 g/mol. The molecule has 5 nitrogen and oxygen atoms in total. The second kappa shape index (κ2) is 5.75. The van der Waals surface area contributed by atoms with Gasteiger partial charge in [-0.1, -0.05) is 12.1 Å². The lowest BCUT2D eigenvalue weighted by Crippen LogP contribution is -2.36. The first-order chi connectivity index (χ1) is 9.43. The molecule has 0 unspecified atom stereocenters. The molecule has 1 aromatic carbocycles. The highest BCUT2D eigenvalue weighted by molar-refractivity contribution is 5.70. The largest absolute Gasteiger partial charge is 0.378 e. The summed E-state index contributed by atoms with van der Waals surface area (Å²) in [7, 11) is 0. The second-order valence-corrected chi connectivity index (χ2v) is 4.55. The molecule has 1 aromatic heterocycles. The smallest absolute Gasteiger partial charge is 0.0922 e. The molecular weight excluding hydrogens is 240 g/mol. The summed E-state index contributed by atoms with van der Waals surface area (Å²) in [5, 5.41) is 3.46. The maximum absolute atomic E-state index is 5.40. The third-order valence-corrected chi connectivity index (χ3v) is 3.28. The number of imidazole rings is 1. The van der Waals surface area contributed by atoms with Gasteiger partial charge in [-0.25, -0.2) is 4.98 Å². The molecule has 0 atom stereocenters. The minimum atomic E-state index is 0.751. The van der Waals surface area contributed by atoms with E-state index in [1.54, 1.807) is 6.33 Å². The third-order valence-electron chi connectivity index (χ3n) is 3.28. The Bertz CT molecular complexity index is 506. The molecule has 1 saturated heterocycles. The van der Waals surface area contributed by atoms with Gasteiger partial charge < -0.3 is 19.9 Å². The molecule has 3 rings (SSSR count). The van der Waals surface area contributed by atoms with Crippen LogP contribution in [-0.2, 0) is 11.3 Å². The minimum Gasteiger partial charge on any atom is -0.378 e. The molecule has 100 valence electrons. The molecule has 0 radical (unpaired) electrons. The highest BCUT2D eigenvalue weighted by Gasteiger charge is 2.14. The summed E-state index contributed by atoms with van der Waals surface area (Å²) >= 11 is 0. The molecule has 5 heteroatoms. The summed E-state index contributed by atoms with van der Waals surface area (Å²) in [5.41, 5.74) is 3.47. The molecule has 1 aliphatic heterocycles. The lowest BCUT2D eigenvalue weighted by Gasteiger charge is -2.30. The summed E-state index contributed by atoms with van der Waals surface area (Å²) < 4.78 is 5.40. The van der Waals surface area contributed by atoms with Gasteiger partial charge in [0.25, 0.3) is 0 Å². The van der Waals surface area contributed by atoms with E-state index < -0.39 is 0 Å². The van der Waals surface area contributed by atoms with Crippen LogP contribution in [0.5, 0.6) is 0 Å². The maximum atomic E-state index is 5.40. The van der Waals surface area contributed by atoms with Crippen LogP contribution >= 0.6 is 0 Å². The molecule has 0 amide bonds. The van der Waals surface area contributed by atoms with Crippen molar-refractivity contribution in [1.29, 1.82) is 0 Å². The Balaban J connectivity index is 1.73. The van der Waals surface area contributed by atoms with Crippen LogP contribution in [0.3, 0.4) is 0 Å². The number of benzene rings is 1. The second-order valence-electron chi connectivity index (χ2n) is 4.55. The first-order valence-electron chi connectivity index (χ1n) is 6.56. The minimum absolute atomic E-state index is 0.751. The van der Waals surface area contributed by atoms with E-state index in [9.17, 15) is 0 Å². The summed E-state index contributed by atoms with van der Waals surface area (Å²) in [5.74, 6) is 0. The molecule has 19 heavy (non-hydrogen) atoms. The Hall–Kier alpha value is -2.01. The predicted octanol–water partition coefficient (Wildman–Crippen LogP) is 1.86. The van der Waals surface area contributed by atoms with Crippen molar-refractivity contribution in [3.63, 3.8) is 0 Å². The van der Waals surface area contributed by atoms with Crippen molar-refractivity contribution in [2.45, 2.75) is 6.54 Å². The molecule has 0 spiro atoms. The molecule has 1 fully saturated rings. The van der Waals surface area contributed by atoms with Crippen LogP contribution < -0.4 is 10.2 Å². The number of nitrogens with zero attached hydrogens (tertiary/aromatic N) is 2. The molecule has 2 aromatic rings. The zero-order chi connectivity index (χ0) is 12.9. The van der Waals surface area contributed by atoms with Crippen LogP contribution in [0.4, 0.5) is 11.4 Å². The highest BCUT2D eigenvalue weighted by atomic mass is 16.5. The Kier molecular flexibility index (Phi) is 3.65. The number of anilines is 2. The van der Waals surface area contributed by atoms with Gasteiger partial charge >= 0.3 is 0 Å². The van der Waals surface area contributed by atoms with Crippen LogP contribution in [0, 0.1) is 0 Å². The van der Waals surface area contributed by atoms with Gasteiger partial charge in [0.2, 0.25) is 0 Å². The fraction of sp³-hybridized carbons (Fsp3) is 0.357. The lowest BCUT2D eigenvalue weighted by molar-refractivity contribution is 0.123. The average Bonchev–Trinajstić information content (AvgIpc) is 3.00. The van der Waals surface area contributed by atoms with Crippen LogP contribution in [0.2, 0.25) is 0 Å². The number of H-pyrrole nitrogens is 1. The summed E-state index contributed by atoms with van der Waals surface area (Å²) in [6.45, 7) is 4.25. The SMILES string of the molecule is c1ccc(N2CCOCC2)c(NCc2cnc[nH]2)c1. The van der Waals surface area contributed by atoms with Crippen molar-refractivity contribution in [3.8, 4) is 0 Å². The monoisotopic (exact) mass is 258 g/mol. The maximum Gasteiger partial charge on any atom is 0.0922 e. The standard InChI is InChI=1S/C14H18N4O/c1-2-4-14(18-5-7-19-8-6-18)13(3-1)16-10-12-9-15-11-17-12/h1-4,9,11,16H,5-8,10H2,(H,15,17). The van der Waals surface area contributed by atoms with E-state index >= 15 is 0 Å². The first-order valence-corrected chi connectivity index (χ1v) is 6.56. The lowest BCUT2D eigenvalue weighted by atomic mass is 10.2. The van der Waals surface area contributed by atoms with Gasteiger partial charge in [0, 0.05) is 19.3 Å². The van der Waals surface area contributed by atoms with Crippen molar-refractivity contribution < 1.29 is 4.74 Å². The van der Waals surface area contributed by atoms with Gasteiger partial charge in [0.15, 0.2) is 0 Å². The Labute approximate surface area is 112 Å². The van der Waals surface area contributed by atoms with E-state index in [1.807, 2.05) is 6.20 Å². The summed E-state index contributed by atoms with van der Waals surface area (Å²) in [6, 6.07) is 8.40. The number of rotatable bonds is 4. The van der Waals surface area contributed by atoms with Gasteiger partial charge in [0.05, 0.1) is 43.2 Å². The van der Waals surface area contributed by atoms with Crippen LogP contribution in [0.25, 0.3) is 0 Å². The van der Waals surface area contributed by atoms with Crippen LogP contribution in [-0.4, -0.2) is 36.3 Å². The van der Waals surface area contributed by atoms with Gasteiger partial charge in [-0.05, 0) is 12.1 Å². The molecule has 0 bridgehead atoms. The molecule has 0 aliphatic carbocycles. The Morgan fingerprint density at radius 1 is 1.26 bits per heavy atom. The van der Waals surface area contributed by atoms with Crippen molar-refractivity contribution in [2.24, 2.45) is 0 Å². The van der Waals surface area contributed by atoms with Gasteiger partial charge in [-0.3, -0.25) is 0 Å². The van der Waals surface area contributed by atoms with Crippen molar-refractivity contribution in [3.05, 3.63) is 42.5 Å². The van der Waals surface area contributed by atoms with E-state index in [2.05, 4.69) is 44.5 Å². The molecule has 2 N–H and O–H groups in total. The topological polar surface area (TPSA) is 53.2 Å². The van der Waals surface area contributed by atoms with Crippen LogP contribution in [0.15, 0.2) is 36.8 Å². The number of aromatic nitrogens is 2. The predicted molar refractivity (Wildman–Crippen MR) is 75.4 cm³/mol. The number of hydrogen-bond acceptors (Lipinski definition) is 4.